The monoisotopic (exact) mass is 326 g/mol. The molecule has 2 aromatic rings. The highest BCUT2D eigenvalue weighted by molar-refractivity contribution is 5.94. The summed E-state index contributed by atoms with van der Waals surface area (Å²) in [5, 5.41) is 0. The largest absolute Gasteiger partial charge is 0.336 e. The van der Waals surface area contributed by atoms with Crippen LogP contribution in [0.5, 0.6) is 0 Å². The number of amides is 1. The van der Waals surface area contributed by atoms with Crippen LogP contribution < -0.4 is 0 Å². The van der Waals surface area contributed by atoms with Crippen molar-refractivity contribution in [2.75, 3.05) is 26.2 Å². The first-order valence-electron chi connectivity index (χ1n) is 8.36. The number of rotatable bonds is 3. The molecule has 0 radical (unpaired) electrons. The Kier molecular flexibility index (Phi) is 4.95. The Morgan fingerprint density at radius 2 is 1.79 bits per heavy atom. The summed E-state index contributed by atoms with van der Waals surface area (Å²) in [6.45, 7) is 7.75. The molecule has 1 amide bonds. The van der Waals surface area contributed by atoms with Crippen molar-refractivity contribution in [1.29, 1.82) is 0 Å². The molecule has 0 N–H and O–H groups in total. The van der Waals surface area contributed by atoms with Crippen LogP contribution >= 0.6 is 0 Å². The lowest BCUT2D eigenvalue weighted by Gasteiger charge is -2.34. The molecule has 4 heteroatoms. The molecule has 1 aliphatic rings. The number of halogens is 1. The average molecular weight is 326 g/mol. The van der Waals surface area contributed by atoms with Crippen LogP contribution in [-0.4, -0.2) is 41.9 Å². The standard InChI is InChI=1S/C20H23FN2O/c1-15-4-3-5-17(12-15)14-22-8-10-23(11-9-22)20(24)18-7-6-16(2)19(21)13-18/h3-7,12-13H,8-11,14H2,1-2H3. The highest BCUT2D eigenvalue weighted by Crippen LogP contribution is 2.15. The number of carbonyl (C=O) groups is 1. The highest BCUT2D eigenvalue weighted by Gasteiger charge is 2.22. The Labute approximate surface area is 142 Å². The SMILES string of the molecule is Cc1cccc(CN2CCN(C(=O)c3ccc(C)c(F)c3)CC2)c1. The maximum absolute atomic E-state index is 13.7. The fraction of sp³-hybridized carbons (Fsp3) is 0.350. The van der Waals surface area contributed by atoms with E-state index in [1.54, 1.807) is 19.1 Å². The van der Waals surface area contributed by atoms with Crippen LogP contribution in [0.2, 0.25) is 0 Å². The van der Waals surface area contributed by atoms with Gasteiger partial charge in [-0.05, 0) is 37.1 Å². The molecular weight excluding hydrogens is 303 g/mol. The first-order valence-corrected chi connectivity index (χ1v) is 8.36. The zero-order valence-corrected chi connectivity index (χ0v) is 14.3. The maximum Gasteiger partial charge on any atom is 0.254 e. The van der Waals surface area contributed by atoms with Crippen molar-refractivity contribution in [2.45, 2.75) is 20.4 Å². The van der Waals surface area contributed by atoms with Crippen LogP contribution in [0, 0.1) is 19.7 Å². The van der Waals surface area contributed by atoms with E-state index in [0.717, 1.165) is 19.6 Å². The van der Waals surface area contributed by atoms with Gasteiger partial charge in [0.05, 0.1) is 0 Å². The third kappa shape index (κ3) is 3.82. The van der Waals surface area contributed by atoms with Crippen molar-refractivity contribution >= 4 is 5.91 Å². The molecule has 0 atom stereocenters. The van der Waals surface area contributed by atoms with Gasteiger partial charge in [0, 0.05) is 38.3 Å². The molecule has 1 heterocycles. The van der Waals surface area contributed by atoms with Gasteiger partial charge < -0.3 is 4.90 Å². The second-order valence-corrected chi connectivity index (χ2v) is 6.52. The number of hydrogen-bond donors (Lipinski definition) is 0. The van der Waals surface area contributed by atoms with Crippen LogP contribution in [0.25, 0.3) is 0 Å². The van der Waals surface area contributed by atoms with E-state index < -0.39 is 0 Å². The van der Waals surface area contributed by atoms with Crippen molar-refractivity contribution in [3.63, 3.8) is 0 Å². The topological polar surface area (TPSA) is 23.6 Å². The molecule has 0 unspecified atom stereocenters. The fourth-order valence-corrected chi connectivity index (χ4v) is 3.09. The summed E-state index contributed by atoms with van der Waals surface area (Å²) >= 11 is 0. The lowest BCUT2D eigenvalue weighted by molar-refractivity contribution is 0.0628. The van der Waals surface area contributed by atoms with Crippen LogP contribution in [0.4, 0.5) is 4.39 Å². The first kappa shape index (κ1) is 16.7. The number of hydrogen-bond acceptors (Lipinski definition) is 2. The molecule has 24 heavy (non-hydrogen) atoms. The number of benzene rings is 2. The first-order chi connectivity index (χ1) is 11.5. The summed E-state index contributed by atoms with van der Waals surface area (Å²) < 4.78 is 13.7. The van der Waals surface area contributed by atoms with E-state index in [2.05, 4.69) is 36.1 Å². The molecule has 126 valence electrons. The summed E-state index contributed by atoms with van der Waals surface area (Å²) in [6.07, 6.45) is 0. The summed E-state index contributed by atoms with van der Waals surface area (Å²) in [5.74, 6) is -0.400. The number of aryl methyl sites for hydroxylation is 2. The van der Waals surface area contributed by atoms with Crippen molar-refractivity contribution < 1.29 is 9.18 Å². The summed E-state index contributed by atoms with van der Waals surface area (Å²) in [4.78, 5) is 16.7. The number of nitrogens with zero attached hydrogens (tertiary/aromatic N) is 2. The van der Waals surface area contributed by atoms with E-state index in [1.807, 2.05) is 4.90 Å². The zero-order chi connectivity index (χ0) is 17.1. The Morgan fingerprint density at radius 3 is 2.46 bits per heavy atom. The smallest absolute Gasteiger partial charge is 0.254 e. The molecular formula is C20H23FN2O. The van der Waals surface area contributed by atoms with E-state index in [-0.39, 0.29) is 11.7 Å². The number of piperazine rings is 1. The Bertz CT molecular complexity index is 736. The molecule has 0 aromatic heterocycles. The third-order valence-electron chi connectivity index (χ3n) is 4.57. The van der Waals surface area contributed by atoms with Gasteiger partial charge in [0.15, 0.2) is 0 Å². The minimum atomic E-state index is -0.320. The molecule has 0 spiro atoms. The van der Waals surface area contributed by atoms with Crippen LogP contribution in [0.3, 0.4) is 0 Å². The van der Waals surface area contributed by atoms with Crippen molar-refractivity contribution in [1.82, 2.24) is 9.80 Å². The maximum atomic E-state index is 13.7. The van der Waals surface area contributed by atoms with E-state index in [0.29, 0.717) is 24.2 Å². The summed E-state index contributed by atoms with van der Waals surface area (Å²) in [6, 6.07) is 13.2. The second-order valence-electron chi connectivity index (χ2n) is 6.52. The molecule has 0 saturated carbocycles. The van der Waals surface area contributed by atoms with Crippen molar-refractivity contribution in [3.8, 4) is 0 Å². The van der Waals surface area contributed by atoms with Gasteiger partial charge in [-0.1, -0.05) is 35.9 Å². The van der Waals surface area contributed by atoms with E-state index in [4.69, 9.17) is 0 Å². The molecule has 1 saturated heterocycles. The van der Waals surface area contributed by atoms with Gasteiger partial charge >= 0.3 is 0 Å². The minimum absolute atomic E-state index is 0.0795. The van der Waals surface area contributed by atoms with Crippen LogP contribution in [0.1, 0.15) is 27.0 Å². The summed E-state index contributed by atoms with van der Waals surface area (Å²) in [7, 11) is 0. The summed E-state index contributed by atoms with van der Waals surface area (Å²) in [5.41, 5.74) is 3.57. The van der Waals surface area contributed by atoms with Crippen LogP contribution in [0.15, 0.2) is 42.5 Å². The Hall–Kier alpha value is -2.20. The van der Waals surface area contributed by atoms with E-state index in [1.165, 1.54) is 17.2 Å². The van der Waals surface area contributed by atoms with Gasteiger partial charge in [-0.2, -0.15) is 0 Å². The fourth-order valence-electron chi connectivity index (χ4n) is 3.09. The van der Waals surface area contributed by atoms with Gasteiger partial charge in [0.2, 0.25) is 0 Å². The van der Waals surface area contributed by atoms with Gasteiger partial charge in [-0.3, -0.25) is 9.69 Å². The van der Waals surface area contributed by atoms with Gasteiger partial charge in [-0.15, -0.1) is 0 Å². The van der Waals surface area contributed by atoms with E-state index >= 15 is 0 Å². The number of carbonyl (C=O) groups excluding carboxylic acids is 1. The molecule has 0 aliphatic carbocycles. The zero-order valence-electron chi connectivity index (χ0n) is 14.3. The predicted molar refractivity (Wildman–Crippen MR) is 93.5 cm³/mol. The molecule has 3 nitrogen and oxygen atoms in total. The second kappa shape index (κ2) is 7.14. The normalized spacial score (nSPS) is 15.5. The molecule has 0 bridgehead atoms. The van der Waals surface area contributed by atoms with Crippen LogP contribution in [-0.2, 0) is 6.54 Å². The van der Waals surface area contributed by atoms with Gasteiger partial charge in [-0.25, -0.2) is 4.39 Å². The average Bonchev–Trinajstić information content (AvgIpc) is 2.57. The van der Waals surface area contributed by atoms with Crippen molar-refractivity contribution in [2.24, 2.45) is 0 Å². The van der Waals surface area contributed by atoms with Gasteiger partial charge in [0.1, 0.15) is 5.82 Å². The molecule has 3 rings (SSSR count). The molecule has 2 aromatic carbocycles. The van der Waals surface area contributed by atoms with Gasteiger partial charge in [0.25, 0.3) is 5.91 Å². The highest BCUT2D eigenvalue weighted by atomic mass is 19.1. The quantitative estimate of drug-likeness (QED) is 0.863. The lowest BCUT2D eigenvalue weighted by atomic mass is 10.1. The Morgan fingerprint density at radius 1 is 1.04 bits per heavy atom. The Balaban J connectivity index is 1.58. The lowest BCUT2D eigenvalue weighted by Crippen LogP contribution is -2.48. The molecule has 1 aliphatic heterocycles. The third-order valence-corrected chi connectivity index (χ3v) is 4.57. The predicted octanol–water partition coefficient (Wildman–Crippen LogP) is 3.40. The van der Waals surface area contributed by atoms with E-state index in [9.17, 15) is 9.18 Å². The minimum Gasteiger partial charge on any atom is -0.336 e. The molecule has 1 fully saturated rings. The van der Waals surface area contributed by atoms with Crippen molar-refractivity contribution in [3.05, 3.63) is 70.5 Å².